The highest BCUT2D eigenvalue weighted by Crippen LogP contribution is 2.22. The van der Waals surface area contributed by atoms with E-state index in [1.54, 1.807) is 11.9 Å². The molecule has 0 aliphatic heterocycles. The molecule has 1 unspecified atom stereocenters. The van der Waals surface area contributed by atoms with Gasteiger partial charge in [-0.25, -0.2) is 4.79 Å². The van der Waals surface area contributed by atoms with Gasteiger partial charge in [0.1, 0.15) is 0 Å². The van der Waals surface area contributed by atoms with Crippen LogP contribution >= 0.6 is 0 Å². The van der Waals surface area contributed by atoms with Gasteiger partial charge in [-0.1, -0.05) is 27.7 Å². The van der Waals surface area contributed by atoms with Gasteiger partial charge in [0, 0.05) is 19.6 Å². The summed E-state index contributed by atoms with van der Waals surface area (Å²) in [5.74, 6) is -0.900. The van der Waals surface area contributed by atoms with Crippen LogP contribution < -0.4 is 5.32 Å². The fourth-order valence-corrected chi connectivity index (χ4v) is 1.44. The smallest absolute Gasteiger partial charge is 0.317 e. The van der Waals surface area contributed by atoms with Gasteiger partial charge in [0.15, 0.2) is 0 Å². The van der Waals surface area contributed by atoms with Gasteiger partial charge in [0.2, 0.25) is 0 Å². The maximum atomic E-state index is 11.8. The predicted octanol–water partition coefficient (Wildman–Crippen LogP) is 1.93. The summed E-state index contributed by atoms with van der Waals surface area (Å²) in [6.07, 6.45) is 0.818. The number of carboxylic acids is 1. The first-order valence-corrected chi connectivity index (χ1v) is 5.92. The fraction of sp³-hybridized carbons (Fsp3) is 0.833. The molecule has 5 heteroatoms. The molecule has 0 saturated carbocycles. The van der Waals surface area contributed by atoms with E-state index >= 15 is 0 Å². The van der Waals surface area contributed by atoms with Gasteiger partial charge in [-0.2, -0.15) is 0 Å². The molecule has 0 aliphatic rings. The highest BCUT2D eigenvalue weighted by atomic mass is 16.4. The van der Waals surface area contributed by atoms with Crippen LogP contribution in [0.3, 0.4) is 0 Å². The Morgan fingerprint density at radius 2 is 1.88 bits per heavy atom. The van der Waals surface area contributed by atoms with Crippen molar-refractivity contribution in [3.63, 3.8) is 0 Å². The van der Waals surface area contributed by atoms with Crippen molar-refractivity contribution in [2.75, 3.05) is 13.6 Å². The normalized spacial score (nSPS) is 13.0. The number of aliphatic carboxylic acids is 1. The van der Waals surface area contributed by atoms with Crippen molar-refractivity contribution >= 4 is 12.0 Å². The Morgan fingerprint density at radius 1 is 1.35 bits per heavy atom. The third kappa shape index (κ3) is 6.14. The van der Waals surface area contributed by atoms with Gasteiger partial charge in [-0.3, -0.25) is 4.79 Å². The predicted molar refractivity (Wildman–Crippen MR) is 66.9 cm³/mol. The summed E-state index contributed by atoms with van der Waals surface area (Å²) in [7, 11) is 1.71. The Kier molecular flexibility index (Phi) is 5.99. The number of rotatable bonds is 5. The summed E-state index contributed by atoms with van der Waals surface area (Å²) in [5.41, 5.74) is -0.277. The Morgan fingerprint density at radius 3 is 2.24 bits per heavy atom. The van der Waals surface area contributed by atoms with E-state index in [1.807, 2.05) is 27.7 Å². The second kappa shape index (κ2) is 6.47. The average molecular weight is 244 g/mol. The molecule has 0 aliphatic carbocycles. The standard InChI is InChI=1S/C12H24N2O3/c1-6-7-14(5)11(17)13-9(8-10(15)16)12(2,3)4/h9H,6-8H2,1-5H3,(H,13,17)(H,15,16). The molecule has 100 valence electrons. The number of nitrogens with zero attached hydrogens (tertiary/aromatic N) is 1. The Hall–Kier alpha value is -1.26. The summed E-state index contributed by atoms with van der Waals surface area (Å²) in [6.45, 7) is 8.40. The van der Waals surface area contributed by atoms with Crippen LogP contribution in [-0.4, -0.2) is 41.6 Å². The van der Waals surface area contributed by atoms with Gasteiger partial charge in [0.25, 0.3) is 0 Å². The van der Waals surface area contributed by atoms with Gasteiger partial charge < -0.3 is 15.3 Å². The minimum Gasteiger partial charge on any atom is -0.481 e. The average Bonchev–Trinajstić information content (AvgIpc) is 2.14. The molecular weight excluding hydrogens is 220 g/mol. The Labute approximate surface area is 103 Å². The summed E-state index contributed by atoms with van der Waals surface area (Å²) < 4.78 is 0. The summed E-state index contributed by atoms with van der Waals surface area (Å²) >= 11 is 0. The van der Waals surface area contributed by atoms with Crippen LogP contribution in [0.1, 0.15) is 40.5 Å². The molecule has 0 heterocycles. The monoisotopic (exact) mass is 244 g/mol. The van der Waals surface area contributed by atoms with Crippen LogP contribution in [0.4, 0.5) is 4.79 Å². The first kappa shape index (κ1) is 15.7. The topological polar surface area (TPSA) is 69.6 Å². The zero-order valence-corrected chi connectivity index (χ0v) is 11.4. The van der Waals surface area contributed by atoms with Crippen molar-refractivity contribution in [1.29, 1.82) is 0 Å². The quantitative estimate of drug-likeness (QED) is 0.776. The molecule has 0 saturated heterocycles. The molecule has 0 bridgehead atoms. The minimum atomic E-state index is -0.900. The van der Waals surface area contributed by atoms with E-state index in [1.165, 1.54) is 0 Å². The number of carbonyl (C=O) groups excluding carboxylic acids is 1. The van der Waals surface area contributed by atoms with Gasteiger partial charge >= 0.3 is 12.0 Å². The third-order valence-electron chi connectivity index (χ3n) is 2.63. The zero-order chi connectivity index (χ0) is 13.6. The largest absolute Gasteiger partial charge is 0.481 e. The fourth-order valence-electron chi connectivity index (χ4n) is 1.44. The van der Waals surface area contributed by atoms with E-state index in [9.17, 15) is 9.59 Å². The Balaban J connectivity index is 4.54. The van der Waals surface area contributed by atoms with Crippen molar-refractivity contribution in [2.24, 2.45) is 5.41 Å². The van der Waals surface area contributed by atoms with E-state index in [2.05, 4.69) is 5.32 Å². The first-order chi connectivity index (χ1) is 7.68. The molecule has 1 atom stereocenters. The lowest BCUT2D eigenvalue weighted by Gasteiger charge is -2.32. The maximum absolute atomic E-state index is 11.8. The number of hydrogen-bond donors (Lipinski definition) is 2. The van der Waals surface area contributed by atoms with Crippen molar-refractivity contribution in [1.82, 2.24) is 10.2 Å². The summed E-state index contributed by atoms with van der Waals surface area (Å²) in [5, 5.41) is 11.6. The molecule has 0 aromatic heterocycles. The molecule has 0 radical (unpaired) electrons. The Bertz CT molecular complexity index is 271. The van der Waals surface area contributed by atoms with E-state index in [-0.39, 0.29) is 23.9 Å². The molecule has 0 spiro atoms. The van der Waals surface area contributed by atoms with E-state index in [4.69, 9.17) is 5.11 Å². The molecule has 2 amide bonds. The van der Waals surface area contributed by atoms with Crippen molar-refractivity contribution < 1.29 is 14.7 Å². The number of carbonyl (C=O) groups is 2. The highest BCUT2D eigenvalue weighted by molar-refractivity contribution is 5.75. The molecular formula is C12H24N2O3. The molecule has 0 rings (SSSR count). The number of urea groups is 1. The molecule has 2 N–H and O–H groups in total. The van der Waals surface area contributed by atoms with Crippen molar-refractivity contribution in [2.45, 2.75) is 46.6 Å². The van der Waals surface area contributed by atoms with Gasteiger partial charge in [-0.05, 0) is 11.8 Å². The number of carboxylic acid groups (broad SMARTS) is 1. The molecule has 0 fully saturated rings. The minimum absolute atomic E-state index is 0.0603. The lowest BCUT2D eigenvalue weighted by atomic mass is 9.85. The van der Waals surface area contributed by atoms with Crippen molar-refractivity contribution in [3.05, 3.63) is 0 Å². The number of nitrogens with one attached hydrogen (secondary N) is 1. The summed E-state index contributed by atoms with van der Waals surface area (Å²) in [4.78, 5) is 24.1. The van der Waals surface area contributed by atoms with Crippen LogP contribution in [0.15, 0.2) is 0 Å². The van der Waals surface area contributed by atoms with E-state index < -0.39 is 5.97 Å². The van der Waals surface area contributed by atoms with Crippen molar-refractivity contribution in [3.8, 4) is 0 Å². The third-order valence-corrected chi connectivity index (χ3v) is 2.63. The lowest BCUT2D eigenvalue weighted by Crippen LogP contribution is -2.49. The maximum Gasteiger partial charge on any atom is 0.317 e. The number of hydrogen-bond acceptors (Lipinski definition) is 2. The summed E-state index contributed by atoms with van der Waals surface area (Å²) in [6, 6.07) is -0.583. The lowest BCUT2D eigenvalue weighted by molar-refractivity contribution is -0.138. The van der Waals surface area contributed by atoms with Crippen LogP contribution in [0.2, 0.25) is 0 Å². The van der Waals surface area contributed by atoms with Gasteiger partial charge in [0.05, 0.1) is 6.42 Å². The van der Waals surface area contributed by atoms with E-state index in [0.29, 0.717) is 6.54 Å². The van der Waals surface area contributed by atoms with Crippen LogP contribution in [-0.2, 0) is 4.79 Å². The van der Waals surface area contributed by atoms with Gasteiger partial charge in [-0.15, -0.1) is 0 Å². The molecule has 0 aromatic carbocycles. The second-order valence-corrected chi connectivity index (χ2v) is 5.39. The SMILES string of the molecule is CCCN(C)C(=O)NC(CC(=O)O)C(C)(C)C. The highest BCUT2D eigenvalue weighted by Gasteiger charge is 2.29. The van der Waals surface area contributed by atoms with Crippen LogP contribution in [0, 0.1) is 5.41 Å². The van der Waals surface area contributed by atoms with Crippen LogP contribution in [0.25, 0.3) is 0 Å². The second-order valence-electron chi connectivity index (χ2n) is 5.39. The van der Waals surface area contributed by atoms with E-state index in [0.717, 1.165) is 6.42 Å². The molecule has 17 heavy (non-hydrogen) atoms. The first-order valence-electron chi connectivity index (χ1n) is 5.92. The zero-order valence-electron chi connectivity index (χ0n) is 11.4. The molecule has 0 aromatic rings. The van der Waals surface area contributed by atoms with Crippen LogP contribution in [0.5, 0.6) is 0 Å². The number of amides is 2. The molecule has 5 nitrogen and oxygen atoms in total.